The largest absolute Gasteiger partial charge is 0.346 e. The van der Waals surface area contributed by atoms with Gasteiger partial charge in [-0.05, 0) is 62.4 Å². The molecule has 2 unspecified atom stereocenters. The average Bonchev–Trinajstić information content (AvgIpc) is 3.26. The number of thioether (sulfide) groups is 1. The third kappa shape index (κ3) is 4.27. The monoisotopic (exact) mass is 347 g/mol. The highest BCUT2D eigenvalue weighted by Gasteiger charge is 2.21. The van der Waals surface area contributed by atoms with Gasteiger partial charge in [0, 0.05) is 12.6 Å². The first kappa shape index (κ1) is 17.2. The molecular formula is C17H25N5OS. The van der Waals surface area contributed by atoms with Gasteiger partial charge >= 0.3 is 0 Å². The lowest BCUT2D eigenvalue weighted by Crippen LogP contribution is -2.30. The highest BCUT2D eigenvalue weighted by Crippen LogP contribution is 2.19. The Bertz CT molecular complexity index is 668. The Morgan fingerprint density at radius 2 is 2.42 bits per heavy atom. The molecule has 0 aliphatic carbocycles. The summed E-state index contributed by atoms with van der Waals surface area (Å²) in [5.74, 6) is 2.53. The van der Waals surface area contributed by atoms with Crippen molar-refractivity contribution in [1.82, 2.24) is 25.2 Å². The fourth-order valence-electron chi connectivity index (χ4n) is 3.16. The summed E-state index contributed by atoms with van der Waals surface area (Å²) in [7, 11) is 0. The maximum atomic E-state index is 12.4. The first-order valence-electron chi connectivity index (χ1n) is 8.56. The highest BCUT2D eigenvalue weighted by atomic mass is 32.2. The van der Waals surface area contributed by atoms with Crippen molar-refractivity contribution < 1.29 is 4.79 Å². The fourth-order valence-corrected chi connectivity index (χ4v) is 3.63. The molecule has 2 atom stereocenters. The summed E-state index contributed by atoms with van der Waals surface area (Å²) in [5.41, 5.74) is 0.813. The molecule has 0 saturated carbocycles. The lowest BCUT2D eigenvalue weighted by molar-refractivity contribution is -0.122. The van der Waals surface area contributed by atoms with Crippen molar-refractivity contribution in [3.05, 3.63) is 30.2 Å². The van der Waals surface area contributed by atoms with Crippen molar-refractivity contribution in [2.45, 2.75) is 31.7 Å². The molecule has 1 saturated heterocycles. The van der Waals surface area contributed by atoms with E-state index in [0.29, 0.717) is 12.3 Å². The van der Waals surface area contributed by atoms with E-state index in [1.165, 1.54) is 6.42 Å². The quantitative estimate of drug-likeness (QED) is 0.764. The lowest BCUT2D eigenvalue weighted by Gasteiger charge is -2.17. The number of rotatable bonds is 8. The molecule has 0 bridgehead atoms. The number of carbonyl (C=O) groups excluding carboxylic acids is 1. The number of pyridine rings is 1. The molecule has 2 aromatic heterocycles. The zero-order valence-corrected chi connectivity index (χ0v) is 14.9. The number of nitrogens with one attached hydrogen (secondary N) is 2. The van der Waals surface area contributed by atoms with E-state index in [2.05, 4.69) is 27.1 Å². The van der Waals surface area contributed by atoms with Crippen LogP contribution >= 0.6 is 11.8 Å². The van der Waals surface area contributed by atoms with Crippen LogP contribution in [0.15, 0.2) is 24.4 Å². The van der Waals surface area contributed by atoms with Gasteiger partial charge in [0.05, 0.1) is 6.04 Å². The minimum Gasteiger partial charge on any atom is -0.346 e. The second-order valence-electron chi connectivity index (χ2n) is 6.29. The van der Waals surface area contributed by atoms with Crippen LogP contribution in [0.3, 0.4) is 0 Å². The van der Waals surface area contributed by atoms with Gasteiger partial charge in [-0.15, -0.1) is 10.2 Å². The van der Waals surface area contributed by atoms with E-state index in [9.17, 15) is 4.79 Å². The van der Waals surface area contributed by atoms with Gasteiger partial charge in [-0.2, -0.15) is 11.8 Å². The standard InChI is InChI=1S/C17H25N5OS/c1-24-11-8-14(17-21-20-15-4-2-3-10-22(15)17)19-16(23)6-5-13-7-9-18-12-13/h2-4,10,13-14,18H,5-9,11-12H2,1H3,(H,19,23). The van der Waals surface area contributed by atoms with Crippen molar-refractivity contribution >= 4 is 23.3 Å². The molecule has 1 aliphatic rings. The van der Waals surface area contributed by atoms with E-state index in [4.69, 9.17) is 0 Å². The Morgan fingerprint density at radius 1 is 1.50 bits per heavy atom. The number of carbonyl (C=O) groups is 1. The molecule has 2 N–H and O–H groups in total. The third-order valence-electron chi connectivity index (χ3n) is 4.54. The zero-order valence-electron chi connectivity index (χ0n) is 14.1. The molecule has 1 fully saturated rings. The Labute approximate surface area is 146 Å². The maximum Gasteiger partial charge on any atom is 0.220 e. The van der Waals surface area contributed by atoms with Crippen LogP contribution in [0.5, 0.6) is 0 Å². The van der Waals surface area contributed by atoms with Crippen LogP contribution in [0.25, 0.3) is 5.65 Å². The molecule has 0 spiro atoms. The van der Waals surface area contributed by atoms with E-state index in [1.54, 1.807) is 11.8 Å². The topological polar surface area (TPSA) is 71.3 Å². The molecule has 130 valence electrons. The van der Waals surface area contributed by atoms with Gasteiger partial charge in [-0.1, -0.05) is 6.07 Å². The summed E-state index contributed by atoms with van der Waals surface area (Å²) >= 11 is 1.78. The number of hydrogen-bond acceptors (Lipinski definition) is 5. The van der Waals surface area contributed by atoms with Crippen LogP contribution in [-0.2, 0) is 4.79 Å². The summed E-state index contributed by atoms with van der Waals surface area (Å²) in [6.07, 6.45) is 7.60. The van der Waals surface area contributed by atoms with Crippen LogP contribution in [0.4, 0.5) is 0 Å². The molecule has 6 nitrogen and oxygen atoms in total. The second-order valence-corrected chi connectivity index (χ2v) is 7.27. The minimum absolute atomic E-state index is 0.0935. The Hall–Kier alpha value is -1.60. The number of nitrogens with zero attached hydrogens (tertiary/aromatic N) is 3. The van der Waals surface area contributed by atoms with E-state index in [0.717, 1.165) is 43.2 Å². The molecule has 1 aliphatic heterocycles. The predicted octanol–water partition coefficient (Wildman–Crippen LogP) is 2.03. The van der Waals surface area contributed by atoms with Crippen molar-refractivity contribution in [2.75, 3.05) is 25.1 Å². The van der Waals surface area contributed by atoms with Crippen molar-refractivity contribution in [2.24, 2.45) is 5.92 Å². The number of aromatic nitrogens is 3. The molecule has 0 aromatic carbocycles. The second kappa shape index (κ2) is 8.48. The van der Waals surface area contributed by atoms with E-state index in [-0.39, 0.29) is 11.9 Å². The Balaban J connectivity index is 1.65. The van der Waals surface area contributed by atoms with E-state index in [1.807, 2.05) is 28.8 Å². The van der Waals surface area contributed by atoms with Gasteiger partial charge in [-0.3, -0.25) is 9.20 Å². The van der Waals surface area contributed by atoms with Gasteiger partial charge in [0.2, 0.25) is 5.91 Å². The SMILES string of the molecule is CSCCC(NC(=O)CCC1CCNC1)c1nnc2ccccn12. The fraction of sp³-hybridized carbons (Fsp3) is 0.588. The van der Waals surface area contributed by atoms with E-state index < -0.39 is 0 Å². The van der Waals surface area contributed by atoms with Crippen LogP contribution < -0.4 is 10.6 Å². The van der Waals surface area contributed by atoms with Crippen molar-refractivity contribution in [3.8, 4) is 0 Å². The smallest absolute Gasteiger partial charge is 0.220 e. The van der Waals surface area contributed by atoms with E-state index >= 15 is 0 Å². The Kier molecular flexibility index (Phi) is 6.09. The summed E-state index contributed by atoms with van der Waals surface area (Å²) in [5, 5.41) is 15.1. The average molecular weight is 347 g/mol. The molecule has 3 heterocycles. The van der Waals surface area contributed by atoms with Crippen LogP contribution in [-0.4, -0.2) is 45.6 Å². The first-order valence-corrected chi connectivity index (χ1v) is 9.96. The highest BCUT2D eigenvalue weighted by molar-refractivity contribution is 7.98. The number of fused-ring (bicyclic) bond motifs is 1. The summed E-state index contributed by atoms with van der Waals surface area (Å²) in [4.78, 5) is 12.4. The van der Waals surface area contributed by atoms with Gasteiger partial charge in [-0.25, -0.2) is 0 Å². The van der Waals surface area contributed by atoms with Gasteiger partial charge in [0.15, 0.2) is 11.5 Å². The molecule has 3 rings (SSSR count). The summed E-state index contributed by atoms with van der Waals surface area (Å²) < 4.78 is 1.96. The molecule has 24 heavy (non-hydrogen) atoms. The molecule has 7 heteroatoms. The van der Waals surface area contributed by atoms with Gasteiger partial charge < -0.3 is 10.6 Å². The van der Waals surface area contributed by atoms with Crippen LogP contribution in [0, 0.1) is 5.92 Å². The first-order chi connectivity index (χ1) is 11.8. The molecule has 0 radical (unpaired) electrons. The minimum atomic E-state index is -0.0935. The number of amides is 1. The third-order valence-corrected chi connectivity index (χ3v) is 5.18. The van der Waals surface area contributed by atoms with Gasteiger partial charge in [0.1, 0.15) is 0 Å². The lowest BCUT2D eigenvalue weighted by atomic mass is 10.0. The normalized spacial score (nSPS) is 18.8. The van der Waals surface area contributed by atoms with Crippen molar-refractivity contribution in [1.29, 1.82) is 0 Å². The predicted molar refractivity (Wildman–Crippen MR) is 97.1 cm³/mol. The summed E-state index contributed by atoms with van der Waals surface area (Å²) in [6, 6.07) is 5.74. The molecule has 1 amide bonds. The maximum absolute atomic E-state index is 12.4. The van der Waals surface area contributed by atoms with Crippen molar-refractivity contribution in [3.63, 3.8) is 0 Å². The van der Waals surface area contributed by atoms with Crippen LogP contribution in [0.1, 0.15) is 37.5 Å². The summed E-state index contributed by atoms with van der Waals surface area (Å²) in [6.45, 7) is 2.12. The Morgan fingerprint density at radius 3 is 3.21 bits per heavy atom. The molecule has 2 aromatic rings. The van der Waals surface area contributed by atoms with Gasteiger partial charge in [0.25, 0.3) is 0 Å². The zero-order chi connectivity index (χ0) is 16.8. The molecular weight excluding hydrogens is 322 g/mol. The van der Waals surface area contributed by atoms with Crippen LogP contribution in [0.2, 0.25) is 0 Å². The number of hydrogen-bond donors (Lipinski definition) is 2.